The molecule has 1 aromatic rings. The predicted molar refractivity (Wildman–Crippen MR) is 120 cm³/mol. The van der Waals surface area contributed by atoms with Gasteiger partial charge in [-0.25, -0.2) is 9.59 Å². The molecule has 2 amide bonds. The van der Waals surface area contributed by atoms with Gasteiger partial charge in [-0.1, -0.05) is 13.8 Å². The van der Waals surface area contributed by atoms with Gasteiger partial charge in [-0.2, -0.15) is 0 Å². The molecule has 1 heterocycles. The second kappa shape index (κ2) is 9.76. The minimum atomic E-state index is -0.851. The number of ether oxygens (including phenoxy) is 2. The van der Waals surface area contributed by atoms with E-state index < -0.39 is 34.5 Å². The smallest absolute Gasteiger partial charge is 0.411 e. The van der Waals surface area contributed by atoms with Crippen LogP contribution in [0.1, 0.15) is 45.0 Å². The first-order valence-electron chi connectivity index (χ1n) is 10.1. The van der Waals surface area contributed by atoms with Gasteiger partial charge in [-0.15, -0.1) is 11.8 Å². The number of carbonyl (C=O) groups is 3. The number of benzene rings is 1. The Kier molecular flexibility index (Phi) is 7.76. The Labute approximate surface area is 191 Å². The van der Waals surface area contributed by atoms with Crippen LogP contribution in [0.3, 0.4) is 0 Å². The van der Waals surface area contributed by atoms with Gasteiger partial charge in [-0.3, -0.25) is 19.8 Å². The van der Waals surface area contributed by atoms with Gasteiger partial charge in [0.25, 0.3) is 5.69 Å². The molecular weight excluding hydrogens is 438 g/mol. The SMILES string of the molecule is COC(=O)c1cc([N+](=O)[O-])c(N2CCN(C(=O)OC(C)(C)C)C(C(C)C)C2=O)cc1SC. The molecule has 0 bridgehead atoms. The van der Waals surface area contributed by atoms with Crippen LogP contribution in [-0.2, 0) is 14.3 Å². The first-order valence-corrected chi connectivity index (χ1v) is 11.3. The Morgan fingerprint density at radius 3 is 2.34 bits per heavy atom. The maximum absolute atomic E-state index is 13.5. The van der Waals surface area contributed by atoms with Crippen molar-refractivity contribution in [3.63, 3.8) is 0 Å². The number of nitro groups is 1. The highest BCUT2D eigenvalue weighted by Gasteiger charge is 2.43. The Balaban J connectivity index is 2.52. The first kappa shape index (κ1) is 25.4. The van der Waals surface area contributed by atoms with E-state index in [1.54, 1.807) is 40.9 Å². The number of thioether (sulfide) groups is 1. The maximum atomic E-state index is 13.5. The number of rotatable bonds is 5. The number of anilines is 1. The lowest BCUT2D eigenvalue weighted by atomic mass is 9.98. The summed E-state index contributed by atoms with van der Waals surface area (Å²) in [6.07, 6.45) is 1.11. The zero-order valence-electron chi connectivity index (χ0n) is 19.3. The number of esters is 1. The summed E-state index contributed by atoms with van der Waals surface area (Å²) in [6.45, 7) is 9.01. The highest BCUT2D eigenvalue weighted by molar-refractivity contribution is 7.98. The van der Waals surface area contributed by atoms with Crippen LogP contribution in [0.15, 0.2) is 17.0 Å². The molecule has 32 heavy (non-hydrogen) atoms. The molecule has 0 aromatic heterocycles. The first-order chi connectivity index (χ1) is 14.8. The van der Waals surface area contributed by atoms with E-state index in [1.165, 1.54) is 34.7 Å². The number of hydrogen-bond acceptors (Lipinski definition) is 8. The van der Waals surface area contributed by atoms with Crippen LogP contribution in [-0.4, -0.2) is 65.9 Å². The lowest BCUT2D eigenvalue weighted by molar-refractivity contribution is -0.384. The molecule has 176 valence electrons. The summed E-state index contributed by atoms with van der Waals surface area (Å²) in [5.41, 5.74) is -0.985. The fraction of sp³-hybridized carbons (Fsp3) is 0.571. The van der Waals surface area contributed by atoms with Gasteiger partial charge in [-0.05, 0) is 39.0 Å². The molecule has 0 N–H and O–H groups in total. The van der Waals surface area contributed by atoms with Crippen LogP contribution < -0.4 is 4.90 Å². The van der Waals surface area contributed by atoms with E-state index in [1.807, 2.05) is 0 Å². The van der Waals surface area contributed by atoms with Crippen LogP contribution in [0.2, 0.25) is 0 Å². The quantitative estimate of drug-likeness (QED) is 0.278. The van der Waals surface area contributed by atoms with Gasteiger partial charge in [0.1, 0.15) is 17.3 Å². The molecule has 1 atom stereocenters. The van der Waals surface area contributed by atoms with Crippen molar-refractivity contribution in [3.8, 4) is 0 Å². The van der Waals surface area contributed by atoms with Crippen molar-refractivity contribution in [2.45, 2.75) is 51.2 Å². The summed E-state index contributed by atoms with van der Waals surface area (Å²) < 4.78 is 10.2. The van der Waals surface area contributed by atoms with Gasteiger partial charge < -0.3 is 14.4 Å². The molecule has 1 aliphatic rings. The van der Waals surface area contributed by atoms with E-state index >= 15 is 0 Å². The largest absolute Gasteiger partial charge is 0.465 e. The Morgan fingerprint density at radius 1 is 1.25 bits per heavy atom. The van der Waals surface area contributed by atoms with Crippen LogP contribution in [0.5, 0.6) is 0 Å². The van der Waals surface area contributed by atoms with E-state index in [9.17, 15) is 24.5 Å². The van der Waals surface area contributed by atoms with Crippen molar-refractivity contribution in [3.05, 3.63) is 27.8 Å². The zero-order valence-corrected chi connectivity index (χ0v) is 20.1. The summed E-state index contributed by atoms with van der Waals surface area (Å²) in [4.78, 5) is 52.6. The monoisotopic (exact) mass is 467 g/mol. The minimum absolute atomic E-state index is 0.0491. The van der Waals surface area contributed by atoms with E-state index in [0.29, 0.717) is 4.90 Å². The third-order valence-corrected chi connectivity index (χ3v) is 5.65. The number of amides is 2. The van der Waals surface area contributed by atoms with E-state index in [2.05, 4.69) is 0 Å². The summed E-state index contributed by atoms with van der Waals surface area (Å²) in [5, 5.41) is 11.8. The molecule has 0 spiro atoms. The Bertz CT molecular complexity index is 927. The maximum Gasteiger partial charge on any atom is 0.411 e. The third-order valence-electron chi connectivity index (χ3n) is 4.87. The Morgan fingerprint density at radius 2 is 1.88 bits per heavy atom. The van der Waals surface area contributed by atoms with Crippen LogP contribution in [0.4, 0.5) is 16.2 Å². The van der Waals surface area contributed by atoms with E-state index in [0.717, 1.165) is 6.07 Å². The molecule has 0 aliphatic carbocycles. The van der Waals surface area contributed by atoms with Gasteiger partial charge in [0.05, 0.1) is 17.6 Å². The van der Waals surface area contributed by atoms with Crippen molar-refractivity contribution in [2.24, 2.45) is 5.92 Å². The molecule has 11 heteroatoms. The number of piperazine rings is 1. The molecule has 1 fully saturated rings. The highest BCUT2D eigenvalue weighted by atomic mass is 32.2. The topological polar surface area (TPSA) is 119 Å². The number of hydrogen-bond donors (Lipinski definition) is 0. The second-order valence-corrected chi connectivity index (χ2v) is 9.49. The minimum Gasteiger partial charge on any atom is -0.465 e. The average Bonchev–Trinajstić information content (AvgIpc) is 2.70. The third kappa shape index (κ3) is 5.32. The lowest BCUT2D eigenvalue weighted by Gasteiger charge is -2.42. The summed E-state index contributed by atoms with van der Waals surface area (Å²) in [7, 11) is 1.19. The molecule has 1 aliphatic heterocycles. The fourth-order valence-electron chi connectivity index (χ4n) is 3.52. The van der Waals surface area contributed by atoms with Crippen molar-refractivity contribution in [1.82, 2.24) is 4.90 Å². The number of methoxy groups -OCH3 is 1. The fourth-order valence-corrected chi connectivity index (χ4v) is 4.11. The number of nitro benzene ring substituents is 1. The van der Waals surface area contributed by atoms with Crippen molar-refractivity contribution in [1.29, 1.82) is 0 Å². The molecule has 1 saturated heterocycles. The number of carbonyl (C=O) groups excluding carboxylic acids is 3. The molecule has 0 saturated carbocycles. The zero-order chi connectivity index (χ0) is 24.4. The van der Waals surface area contributed by atoms with Crippen LogP contribution in [0, 0.1) is 16.0 Å². The lowest BCUT2D eigenvalue weighted by Crippen LogP contribution is -2.61. The molecule has 1 aromatic carbocycles. The molecular formula is C21H29N3O7S. The van der Waals surface area contributed by atoms with Crippen LogP contribution in [0.25, 0.3) is 0 Å². The Hall–Kier alpha value is -2.82. The van der Waals surface area contributed by atoms with E-state index in [4.69, 9.17) is 9.47 Å². The van der Waals surface area contributed by atoms with Gasteiger partial charge in [0.2, 0.25) is 5.91 Å². The van der Waals surface area contributed by atoms with Gasteiger partial charge in [0, 0.05) is 24.1 Å². The number of nitrogens with zero attached hydrogens (tertiary/aromatic N) is 3. The van der Waals surface area contributed by atoms with E-state index in [-0.39, 0.29) is 35.9 Å². The molecule has 2 rings (SSSR count). The molecule has 1 unspecified atom stereocenters. The van der Waals surface area contributed by atoms with Crippen molar-refractivity contribution < 1.29 is 28.8 Å². The summed E-state index contributed by atoms with van der Waals surface area (Å²) >= 11 is 1.21. The normalized spacial score (nSPS) is 16.9. The molecule has 0 radical (unpaired) electrons. The van der Waals surface area contributed by atoms with Gasteiger partial charge in [0.15, 0.2) is 0 Å². The summed E-state index contributed by atoms with van der Waals surface area (Å²) in [5.74, 6) is -1.41. The van der Waals surface area contributed by atoms with Crippen molar-refractivity contribution in [2.75, 3.05) is 31.4 Å². The molecule has 10 nitrogen and oxygen atoms in total. The standard InChI is InChI=1S/C21H29N3O7S/c1-12(2)17-18(25)22(8-9-23(17)20(27)31-21(3,4)5)14-11-16(32-7)13(19(26)30-6)10-15(14)24(28)29/h10-12,17H,8-9H2,1-7H3. The van der Waals surface area contributed by atoms with Gasteiger partial charge >= 0.3 is 12.1 Å². The predicted octanol–water partition coefficient (Wildman–Crippen LogP) is 3.71. The highest BCUT2D eigenvalue weighted by Crippen LogP contribution is 2.37. The summed E-state index contributed by atoms with van der Waals surface area (Å²) in [6, 6.07) is 1.73. The second-order valence-electron chi connectivity index (χ2n) is 8.64. The average molecular weight is 468 g/mol. The van der Waals surface area contributed by atoms with Crippen LogP contribution >= 0.6 is 11.8 Å². The van der Waals surface area contributed by atoms with Crippen molar-refractivity contribution >= 4 is 41.1 Å².